The quantitative estimate of drug-likeness (QED) is 0.852. The molecule has 1 atom stereocenters. The van der Waals surface area contributed by atoms with Crippen LogP contribution in [-0.2, 0) is 0 Å². The Balaban J connectivity index is 1.63. The standard InChI is InChI=1S/C14H15N3O3/c18-14(12-4-2-8-19-12)17-7-1-3-11(9-17)20-13-5-6-15-10-16-13/h2,4-6,8,10-11H,1,3,7,9H2. The molecule has 1 unspecified atom stereocenters. The van der Waals surface area contributed by atoms with E-state index in [0.29, 0.717) is 18.2 Å². The number of rotatable bonds is 3. The molecule has 0 aromatic carbocycles. The highest BCUT2D eigenvalue weighted by atomic mass is 16.5. The second-order valence-electron chi connectivity index (χ2n) is 4.66. The van der Waals surface area contributed by atoms with Gasteiger partial charge in [0.1, 0.15) is 12.4 Å². The van der Waals surface area contributed by atoms with E-state index in [2.05, 4.69) is 9.97 Å². The average Bonchev–Trinajstić information content (AvgIpc) is 3.02. The number of piperidine rings is 1. The largest absolute Gasteiger partial charge is 0.472 e. The van der Waals surface area contributed by atoms with Crippen molar-refractivity contribution in [1.82, 2.24) is 14.9 Å². The van der Waals surface area contributed by atoms with Crippen LogP contribution in [0, 0.1) is 0 Å². The highest BCUT2D eigenvalue weighted by Crippen LogP contribution is 2.18. The van der Waals surface area contributed by atoms with Gasteiger partial charge in [-0.15, -0.1) is 0 Å². The molecule has 0 N–H and O–H groups in total. The van der Waals surface area contributed by atoms with E-state index in [-0.39, 0.29) is 12.0 Å². The van der Waals surface area contributed by atoms with Gasteiger partial charge in [-0.05, 0) is 25.0 Å². The lowest BCUT2D eigenvalue weighted by Crippen LogP contribution is -2.44. The third-order valence-corrected chi connectivity index (χ3v) is 3.24. The molecule has 1 aliphatic rings. The Hall–Kier alpha value is -2.37. The van der Waals surface area contributed by atoms with Crippen molar-refractivity contribution >= 4 is 5.91 Å². The van der Waals surface area contributed by atoms with Gasteiger partial charge in [-0.3, -0.25) is 4.79 Å². The fourth-order valence-electron chi connectivity index (χ4n) is 2.29. The summed E-state index contributed by atoms with van der Waals surface area (Å²) in [6.07, 6.45) is 6.36. The molecule has 0 saturated carbocycles. The predicted molar refractivity (Wildman–Crippen MR) is 70.3 cm³/mol. The molecule has 0 radical (unpaired) electrons. The van der Waals surface area contributed by atoms with Gasteiger partial charge in [-0.25, -0.2) is 9.97 Å². The fourth-order valence-corrected chi connectivity index (χ4v) is 2.29. The molecule has 20 heavy (non-hydrogen) atoms. The van der Waals surface area contributed by atoms with Crippen molar-refractivity contribution in [2.45, 2.75) is 18.9 Å². The number of aromatic nitrogens is 2. The van der Waals surface area contributed by atoms with Gasteiger partial charge in [0.2, 0.25) is 5.88 Å². The molecule has 1 amide bonds. The van der Waals surface area contributed by atoms with Crippen LogP contribution in [0.4, 0.5) is 0 Å². The third kappa shape index (κ3) is 2.79. The first-order chi connectivity index (χ1) is 9.83. The minimum atomic E-state index is -0.0917. The van der Waals surface area contributed by atoms with Crippen molar-refractivity contribution in [2.24, 2.45) is 0 Å². The molecule has 104 valence electrons. The van der Waals surface area contributed by atoms with Crippen molar-refractivity contribution in [1.29, 1.82) is 0 Å². The maximum atomic E-state index is 12.2. The highest BCUT2D eigenvalue weighted by Gasteiger charge is 2.27. The number of hydrogen-bond donors (Lipinski definition) is 0. The second-order valence-corrected chi connectivity index (χ2v) is 4.66. The molecule has 1 aliphatic heterocycles. The van der Waals surface area contributed by atoms with E-state index in [0.717, 1.165) is 19.4 Å². The topological polar surface area (TPSA) is 68.5 Å². The van der Waals surface area contributed by atoms with Gasteiger partial charge < -0.3 is 14.1 Å². The van der Waals surface area contributed by atoms with Crippen LogP contribution in [0.1, 0.15) is 23.4 Å². The van der Waals surface area contributed by atoms with Crippen LogP contribution < -0.4 is 4.74 Å². The fraction of sp³-hybridized carbons (Fsp3) is 0.357. The zero-order valence-corrected chi connectivity index (χ0v) is 10.9. The van der Waals surface area contributed by atoms with Crippen LogP contribution in [0.15, 0.2) is 41.4 Å². The summed E-state index contributed by atoms with van der Waals surface area (Å²) in [5, 5.41) is 0. The van der Waals surface area contributed by atoms with E-state index >= 15 is 0 Å². The number of carbonyl (C=O) groups is 1. The van der Waals surface area contributed by atoms with Crippen LogP contribution in [0.5, 0.6) is 5.88 Å². The molecule has 1 saturated heterocycles. The summed E-state index contributed by atoms with van der Waals surface area (Å²) in [5.41, 5.74) is 0. The summed E-state index contributed by atoms with van der Waals surface area (Å²) in [6.45, 7) is 1.27. The molecule has 1 fully saturated rings. The van der Waals surface area contributed by atoms with Gasteiger partial charge in [-0.1, -0.05) is 0 Å². The van der Waals surface area contributed by atoms with Crippen LogP contribution >= 0.6 is 0 Å². The first-order valence-electron chi connectivity index (χ1n) is 6.58. The lowest BCUT2D eigenvalue weighted by molar-refractivity contribution is 0.0500. The van der Waals surface area contributed by atoms with Gasteiger partial charge in [-0.2, -0.15) is 0 Å². The van der Waals surface area contributed by atoms with E-state index < -0.39 is 0 Å². The molecule has 0 spiro atoms. The normalized spacial score (nSPS) is 18.8. The number of nitrogens with zero attached hydrogens (tertiary/aromatic N) is 3. The molecule has 2 aromatic heterocycles. The van der Waals surface area contributed by atoms with Gasteiger partial charge in [0.25, 0.3) is 5.91 Å². The molecule has 0 aliphatic carbocycles. The minimum Gasteiger partial charge on any atom is -0.472 e. The molecular weight excluding hydrogens is 258 g/mol. The lowest BCUT2D eigenvalue weighted by atomic mass is 10.1. The van der Waals surface area contributed by atoms with E-state index in [1.165, 1.54) is 12.6 Å². The lowest BCUT2D eigenvalue weighted by Gasteiger charge is -2.32. The minimum absolute atomic E-state index is 0.0439. The van der Waals surface area contributed by atoms with Crippen molar-refractivity contribution in [3.63, 3.8) is 0 Å². The Bertz CT molecular complexity index is 556. The van der Waals surface area contributed by atoms with E-state index in [4.69, 9.17) is 9.15 Å². The van der Waals surface area contributed by atoms with Crippen LogP contribution in [0.25, 0.3) is 0 Å². The molecule has 3 rings (SSSR count). The van der Waals surface area contributed by atoms with Gasteiger partial charge in [0.15, 0.2) is 5.76 Å². The van der Waals surface area contributed by atoms with Crippen molar-refractivity contribution < 1.29 is 13.9 Å². The number of ether oxygens (including phenoxy) is 1. The number of hydrogen-bond acceptors (Lipinski definition) is 5. The monoisotopic (exact) mass is 273 g/mol. The van der Waals surface area contributed by atoms with Crippen molar-refractivity contribution in [3.8, 4) is 5.88 Å². The van der Waals surface area contributed by atoms with E-state index in [1.807, 2.05) is 0 Å². The van der Waals surface area contributed by atoms with Gasteiger partial charge in [0, 0.05) is 18.8 Å². The Labute approximate surface area is 116 Å². The van der Waals surface area contributed by atoms with Crippen molar-refractivity contribution in [2.75, 3.05) is 13.1 Å². The summed E-state index contributed by atoms with van der Waals surface area (Å²) in [7, 11) is 0. The Morgan fingerprint density at radius 1 is 1.45 bits per heavy atom. The molecule has 0 bridgehead atoms. The summed E-state index contributed by atoms with van der Waals surface area (Å²) >= 11 is 0. The third-order valence-electron chi connectivity index (χ3n) is 3.24. The first-order valence-corrected chi connectivity index (χ1v) is 6.58. The summed E-state index contributed by atoms with van der Waals surface area (Å²) < 4.78 is 10.9. The number of amides is 1. The van der Waals surface area contributed by atoms with Crippen LogP contribution in [0.2, 0.25) is 0 Å². The maximum Gasteiger partial charge on any atom is 0.289 e. The van der Waals surface area contributed by atoms with E-state index in [9.17, 15) is 4.79 Å². The SMILES string of the molecule is O=C(c1ccco1)N1CCCC(Oc2ccncn2)C1. The number of furan rings is 1. The maximum absolute atomic E-state index is 12.2. The van der Waals surface area contributed by atoms with E-state index in [1.54, 1.807) is 29.3 Å². The van der Waals surface area contributed by atoms with Crippen LogP contribution in [-0.4, -0.2) is 40.0 Å². The van der Waals surface area contributed by atoms with Gasteiger partial charge >= 0.3 is 0 Å². The smallest absolute Gasteiger partial charge is 0.289 e. The molecular formula is C14H15N3O3. The zero-order chi connectivity index (χ0) is 13.8. The first kappa shape index (κ1) is 12.7. The molecule has 2 aromatic rings. The molecule has 6 heteroatoms. The predicted octanol–water partition coefficient (Wildman–Crippen LogP) is 1.75. The molecule has 6 nitrogen and oxygen atoms in total. The summed E-state index contributed by atoms with van der Waals surface area (Å²) in [6, 6.07) is 5.11. The Morgan fingerprint density at radius 3 is 3.15 bits per heavy atom. The number of likely N-dealkylation sites (tertiary alicyclic amines) is 1. The Kier molecular flexibility index (Phi) is 3.62. The average molecular weight is 273 g/mol. The zero-order valence-electron chi connectivity index (χ0n) is 10.9. The number of carbonyl (C=O) groups excluding carboxylic acids is 1. The highest BCUT2D eigenvalue weighted by molar-refractivity contribution is 5.91. The second kappa shape index (κ2) is 5.73. The summed E-state index contributed by atoms with van der Waals surface area (Å²) in [5.74, 6) is 0.816. The van der Waals surface area contributed by atoms with Crippen LogP contribution in [0.3, 0.4) is 0 Å². The molecule has 3 heterocycles. The van der Waals surface area contributed by atoms with Crippen molar-refractivity contribution in [3.05, 3.63) is 42.7 Å². The summed E-state index contributed by atoms with van der Waals surface area (Å²) in [4.78, 5) is 21.9. The Morgan fingerprint density at radius 2 is 2.40 bits per heavy atom. The van der Waals surface area contributed by atoms with Gasteiger partial charge in [0.05, 0.1) is 12.8 Å².